The fraction of sp³-hybridized carbons (Fsp3) is 0.357. The predicted octanol–water partition coefficient (Wildman–Crippen LogP) is 3.83. The second-order valence-corrected chi connectivity index (χ2v) is 5.24. The molecule has 0 aliphatic carbocycles. The summed E-state index contributed by atoms with van der Waals surface area (Å²) in [6.45, 7) is 4.91. The summed E-state index contributed by atoms with van der Waals surface area (Å²) < 4.78 is 2.00. The van der Waals surface area contributed by atoms with Crippen LogP contribution in [0.25, 0.3) is 0 Å². The molecule has 5 heteroatoms. The van der Waals surface area contributed by atoms with Gasteiger partial charge in [-0.15, -0.1) is 0 Å². The predicted molar refractivity (Wildman–Crippen MR) is 80.0 cm³/mol. The number of nitrogens with one attached hydrogen (secondary N) is 1. The first kappa shape index (κ1) is 14.4. The summed E-state index contributed by atoms with van der Waals surface area (Å²) in [5.41, 5.74) is 3.21. The van der Waals surface area contributed by atoms with Gasteiger partial charge >= 0.3 is 0 Å². The van der Waals surface area contributed by atoms with Crippen LogP contribution in [-0.2, 0) is 6.54 Å². The fourth-order valence-corrected chi connectivity index (χ4v) is 2.53. The van der Waals surface area contributed by atoms with Crippen molar-refractivity contribution in [3.8, 4) is 0 Å². The number of aromatic nitrogens is 2. The van der Waals surface area contributed by atoms with Crippen molar-refractivity contribution in [2.24, 2.45) is 0 Å². The Hall–Kier alpha value is -1.03. The van der Waals surface area contributed by atoms with Crippen LogP contribution < -0.4 is 5.32 Å². The SMILES string of the molecule is CCn1nc(C)cc1C(NC)c1ccc(Cl)c(Cl)c1. The number of rotatable bonds is 4. The molecule has 0 amide bonds. The smallest absolute Gasteiger partial charge is 0.0746 e. The van der Waals surface area contributed by atoms with Crippen LogP contribution in [0.3, 0.4) is 0 Å². The Labute approximate surface area is 123 Å². The van der Waals surface area contributed by atoms with E-state index in [2.05, 4.69) is 23.4 Å². The van der Waals surface area contributed by atoms with E-state index in [1.165, 1.54) is 0 Å². The summed E-state index contributed by atoms with van der Waals surface area (Å²) in [6.07, 6.45) is 0. The lowest BCUT2D eigenvalue weighted by molar-refractivity contribution is 0.561. The maximum absolute atomic E-state index is 6.10. The topological polar surface area (TPSA) is 29.9 Å². The first-order valence-electron chi connectivity index (χ1n) is 6.23. The molecule has 0 fully saturated rings. The van der Waals surface area contributed by atoms with Gasteiger partial charge in [-0.05, 0) is 44.7 Å². The minimum atomic E-state index is 0.0518. The van der Waals surface area contributed by atoms with E-state index < -0.39 is 0 Å². The van der Waals surface area contributed by atoms with E-state index in [4.69, 9.17) is 23.2 Å². The van der Waals surface area contributed by atoms with Crippen LogP contribution in [0.15, 0.2) is 24.3 Å². The minimum absolute atomic E-state index is 0.0518. The van der Waals surface area contributed by atoms with Gasteiger partial charge in [-0.1, -0.05) is 29.3 Å². The lowest BCUT2D eigenvalue weighted by Crippen LogP contribution is -2.21. The van der Waals surface area contributed by atoms with Crippen molar-refractivity contribution in [2.45, 2.75) is 26.4 Å². The van der Waals surface area contributed by atoms with Crippen LogP contribution in [0, 0.1) is 6.92 Å². The molecule has 1 heterocycles. The summed E-state index contributed by atoms with van der Waals surface area (Å²) in [5.74, 6) is 0. The lowest BCUT2D eigenvalue weighted by Gasteiger charge is -2.18. The Balaban J connectivity index is 2.46. The average molecular weight is 298 g/mol. The molecule has 1 unspecified atom stereocenters. The first-order chi connectivity index (χ1) is 9.06. The number of hydrogen-bond donors (Lipinski definition) is 1. The van der Waals surface area contributed by atoms with Crippen LogP contribution in [0.2, 0.25) is 10.0 Å². The zero-order valence-electron chi connectivity index (χ0n) is 11.2. The molecule has 0 radical (unpaired) electrons. The molecule has 1 atom stereocenters. The summed E-state index contributed by atoms with van der Waals surface area (Å²) in [5, 5.41) is 8.93. The largest absolute Gasteiger partial charge is 0.308 e. The van der Waals surface area contributed by atoms with Crippen LogP contribution in [0.4, 0.5) is 0 Å². The monoisotopic (exact) mass is 297 g/mol. The molecular formula is C14H17Cl2N3. The molecule has 1 aromatic carbocycles. The molecule has 0 aliphatic rings. The van der Waals surface area contributed by atoms with Crippen LogP contribution in [-0.4, -0.2) is 16.8 Å². The lowest BCUT2D eigenvalue weighted by atomic mass is 10.0. The van der Waals surface area contributed by atoms with Crippen molar-refractivity contribution in [3.05, 3.63) is 51.3 Å². The van der Waals surface area contributed by atoms with Gasteiger partial charge in [0, 0.05) is 6.54 Å². The zero-order valence-corrected chi connectivity index (χ0v) is 12.8. The van der Waals surface area contributed by atoms with E-state index >= 15 is 0 Å². The highest BCUT2D eigenvalue weighted by Crippen LogP contribution is 2.29. The summed E-state index contributed by atoms with van der Waals surface area (Å²) in [6, 6.07) is 7.84. The fourth-order valence-electron chi connectivity index (χ4n) is 2.23. The van der Waals surface area contributed by atoms with Gasteiger partial charge in [0.1, 0.15) is 0 Å². The number of halogens is 2. The molecule has 0 bridgehead atoms. The van der Waals surface area contributed by atoms with Gasteiger partial charge in [-0.25, -0.2) is 0 Å². The molecule has 3 nitrogen and oxygen atoms in total. The van der Waals surface area contributed by atoms with E-state index in [0.717, 1.165) is 23.5 Å². The van der Waals surface area contributed by atoms with Crippen molar-refractivity contribution in [3.63, 3.8) is 0 Å². The number of nitrogens with zero attached hydrogens (tertiary/aromatic N) is 2. The van der Waals surface area contributed by atoms with Crippen LogP contribution >= 0.6 is 23.2 Å². The molecule has 0 aliphatic heterocycles. The Bertz CT molecular complexity index is 578. The van der Waals surface area contributed by atoms with Gasteiger partial charge in [-0.2, -0.15) is 5.10 Å². The van der Waals surface area contributed by atoms with Crippen LogP contribution in [0.5, 0.6) is 0 Å². The first-order valence-corrected chi connectivity index (χ1v) is 6.99. The normalized spacial score (nSPS) is 12.7. The summed E-state index contributed by atoms with van der Waals surface area (Å²) in [4.78, 5) is 0. The Morgan fingerprint density at radius 3 is 2.58 bits per heavy atom. The van der Waals surface area contributed by atoms with Gasteiger partial charge in [-0.3, -0.25) is 4.68 Å². The van der Waals surface area contributed by atoms with Crippen molar-refractivity contribution in [1.82, 2.24) is 15.1 Å². The molecule has 19 heavy (non-hydrogen) atoms. The highest BCUT2D eigenvalue weighted by Gasteiger charge is 2.18. The van der Waals surface area contributed by atoms with E-state index in [9.17, 15) is 0 Å². The standard InChI is InChI=1S/C14H17Cl2N3/c1-4-19-13(7-9(2)18-19)14(17-3)10-5-6-11(15)12(16)8-10/h5-8,14,17H,4H2,1-3H3. The molecule has 102 valence electrons. The third-order valence-electron chi connectivity index (χ3n) is 3.09. The second-order valence-electron chi connectivity index (χ2n) is 4.42. The molecular weight excluding hydrogens is 281 g/mol. The van der Waals surface area contributed by atoms with Gasteiger partial charge < -0.3 is 5.32 Å². The molecule has 1 aromatic heterocycles. The third kappa shape index (κ3) is 2.94. The Morgan fingerprint density at radius 2 is 2.00 bits per heavy atom. The highest BCUT2D eigenvalue weighted by atomic mass is 35.5. The third-order valence-corrected chi connectivity index (χ3v) is 3.83. The van der Waals surface area contributed by atoms with E-state index in [1.54, 1.807) is 0 Å². The van der Waals surface area contributed by atoms with Gasteiger partial charge in [0.25, 0.3) is 0 Å². The molecule has 0 saturated heterocycles. The zero-order chi connectivity index (χ0) is 14.0. The highest BCUT2D eigenvalue weighted by molar-refractivity contribution is 6.42. The van der Waals surface area contributed by atoms with Gasteiger partial charge in [0.2, 0.25) is 0 Å². The minimum Gasteiger partial charge on any atom is -0.308 e. The van der Waals surface area contributed by atoms with Crippen molar-refractivity contribution >= 4 is 23.2 Å². The maximum atomic E-state index is 6.10. The van der Waals surface area contributed by atoms with Crippen molar-refractivity contribution in [1.29, 1.82) is 0 Å². The Morgan fingerprint density at radius 1 is 1.26 bits per heavy atom. The van der Waals surface area contributed by atoms with Gasteiger partial charge in [0.05, 0.1) is 27.5 Å². The van der Waals surface area contributed by atoms with Crippen molar-refractivity contribution < 1.29 is 0 Å². The maximum Gasteiger partial charge on any atom is 0.0746 e. The quantitative estimate of drug-likeness (QED) is 0.929. The Kier molecular flexibility index (Phi) is 4.50. The summed E-state index contributed by atoms with van der Waals surface area (Å²) in [7, 11) is 1.93. The molecule has 1 N–H and O–H groups in total. The second kappa shape index (κ2) is 5.95. The van der Waals surface area contributed by atoms with Crippen molar-refractivity contribution in [2.75, 3.05) is 7.05 Å². The average Bonchev–Trinajstić information content (AvgIpc) is 2.76. The molecule has 2 aromatic rings. The van der Waals surface area contributed by atoms with E-state index in [1.807, 2.05) is 36.9 Å². The molecule has 0 spiro atoms. The number of aryl methyl sites for hydroxylation is 2. The molecule has 2 rings (SSSR count). The van der Waals surface area contributed by atoms with Crippen LogP contribution in [0.1, 0.15) is 29.9 Å². The van der Waals surface area contributed by atoms with E-state index in [0.29, 0.717) is 10.0 Å². The number of benzene rings is 1. The molecule has 0 saturated carbocycles. The number of hydrogen-bond acceptors (Lipinski definition) is 2. The van der Waals surface area contributed by atoms with E-state index in [-0.39, 0.29) is 6.04 Å². The summed E-state index contributed by atoms with van der Waals surface area (Å²) >= 11 is 12.1. The van der Waals surface area contributed by atoms with Gasteiger partial charge in [0.15, 0.2) is 0 Å².